The van der Waals surface area contributed by atoms with Crippen LogP contribution in [0.15, 0.2) is 48.5 Å². The van der Waals surface area contributed by atoms with Gasteiger partial charge in [0, 0.05) is 25.8 Å². The van der Waals surface area contributed by atoms with E-state index in [1.54, 1.807) is 0 Å². The topological polar surface area (TPSA) is 15.3 Å². The van der Waals surface area contributed by atoms with E-state index in [0.717, 1.165) is 13.1 Å². The molecule has 0 atom stereocenters. The number of anilines is 1. The Kier molecular flexibility index (Phi) is 4.58. The van der Waals surface area contributed by atoms with E-state index in [4.69, 9.17) is 0 Å². The molecule has 0 saturated carbocycles. The van der Waals surface area contributed by atoms with Crippen molar-refractivity contribution in [3.63, 3.8) is 0 Å². The summed E-state index contributed by atoms with van der Waals surface area (Å²) in [5.41, 5.74) is 5.22. The largest absolute Gasteiger partial charge is 0.370 e. The second-order valence-corrected chi connectivity index (χ2v) is 5.04. The molecule has 0 fully saturated rings. The summed E-state index contributed by atoms with van der Waals surface area (Å²) in [4.78, 5) is 2.28. The van der Waals surface area contributed by atoms with E-state index in [2.05, 4.69) is 72.7 Å². The molecular formula is C17H22N2. The van der Waals surface area contributed by atoms with Gasteiger partial charge in [-0.05, 0) is 42.8 Å². The lowest BCUT2D eigenvalue weighted by atomic mass is 10.1. The molecule has 0 aromatic heterocycles. The number of nitrogens with one attached hydrogen (secondary N) is 1. The first-order chi connectivity index (χ1) is 9.19. The van der Waals surface area contributed by atoms with Gasteiger partial charge in [-0.15, -0.1) is 0 Å². The van der Waals surface area contributed by atoms with E-state index >= 15 is 0 Å². The van der Waals surface area contributed by atoms with Crippen molar-refractivity contribution in [3.8, 4) is 0 Å². The van der Waals surface area contributed by atoms with Crippen LogP contribution in [-0.2, 0) is 13.1 Å². The van der Waals surface area contributed by atoms with Crippen LogP contribution in [0, 0.1) is 6.92 Å². The van der Waals surface area contributed by atoms with E-state index in [1.807, 2.05) is 7.05 Å². The van der Waals surface area contributed by atoms with Crippen molar-refractivity contribution in [2.24, 2.45) is 0 Å². The van der Waals surface area contributed by atoms with Crippen molar-refractivity contribution < 1.29 is 0 Å². The first-order valence-corrected chi connectivity index (χ1v) is 6.69. The monoisotopic (exact) mass is 254 g/mol. The van der Waals surface area contributed by atoms with E-state index in [9.17, 15) is 0 Å². The van der Waals surface area contributed by atoms with Crippen molar-refractivity contribution >= 4 is 5.69 Å². The average molecular weight is 254 g/mol. The van der Waals surface area contributed by atoms with E-state index in [1.165, 1.54) is 22.4 Å². The van der Waals surface area contributed by atoms with Gasteiger partial charge >= 0.3 is 0 Å². The first-order valence-electron chi connectivity index (χ1n) is 6.69. The number of hydrogen-bond donors (Lipinski definition) is 1. The van der Waals surface area contributed by atoms with Gasteiger partial charge in [0.25, 0.3) is 0 Å². The Hall–Kier alpha value is -1.80. The summed E-state index contributed by atoms with van der Waals surface area (Å²) in [5.74, 6) is 0. The van der Waals surface area contributed by atoms with Gasteiger partial charge < -0.3 is 10.2 Å². The molecule has 2 aromatic rings. The molecule has 1 N–H and O–H groups in total. The van der Waals surface area contributed by atoms with Crippen molar-refractivity contribution in [1.82, 2.24) is 5.32 Å². The summed E-state index contributed by atoms with van der Waals surface area (Å²) in [5, 5.41) is 3.17. The molecule has 2 heteroatoms. The molecular weight excluding hydrogens is 232 g/mol. The van der Waals surface area contributed by atoms with Gasteiger partial charge in [-0.3, -0.25) is 0 Å². The van der Waals surface area contributed by atoms with Gasteiger partial charge in [-0.1, -0.05) is 36.4 Å². The summed E-state index contributed by atoms with van der Waals surface area (Å²) in [6, 6.07) is 17.4. The molecule has 0 saturated heterocycles. The minimum absolute atomic E-state index is 0.925. The summed E-state index contributed by atoms with van der Waals surface area (Å²) < 4.78 is 0. The molecule has 2 nitrogen and oxygen atoms in total. The van der Waals surface area contributed by atoms with Crippen LogP contribution in [0.3, 0.4) is 0 Å². The quantitative estimate of drug-likeness (QED) is 0.880. The third-order valence-electron chi connectivity index (χ3n) is 3.27. The van der Waals surface area contributed by atoms with Crippen molar-refractivity contribution in [3.05, 3.63) is 65.2 Å². The Morgan fingerprint density at radius 1 is 1.00 bits per heavy atom. The van der Waals surface area contributed by atoms with Gasteiger partial charge in [-0.25, -0.2) is 0 Å². The van der Waals surface area contributed by atoms with Crippen molar-refractivity contribution in [1.29, 1.82) is 0 Å². The molecule has 2 rings (SSSR count). The molecule has 19 heavy (non-hydrogen) atoms. The lowest BCUT2D eigenvalue weighted by Crippen LogP contribution is -2.16. The van der Waals surface area contributed by atoms with Crippen LogP contribution in [0.5, 0.6) is 0 Å². The molecule has 0 aliphatic carbocycles. The lowest BCUT2D eigenvalue weighted by Gasteiger charge is -2.20. The Labute approximate surface area is 116 Å². The third-order valence-corrected chi connectivity index (χ3v) is 3.27. The van der Waals surface area contributed by atoms with Gasteiger partial charge in [0.15, 0.2) is 0 Å². The maximum absolute atomic E-state index is 3.17. The van der Waals surface area contributed by atoms with Crippen LogP contribution in [-0.4, -0.2) is 14.1 Å². The fourth-order valence-electron chi connectivity index (χ4n) is 2.20. The fourth-order valence-corrected chi connectivity index (χ4v) is 2.20. The molecule has 0 aliphatic heterocycles. The third kappa shape index (κ3) is 3.83. The highest BCUT2D eigenvalue weighted by Crippen LogP contribution is 2.17. The van der Waals surface area contributed by atoms with Crippen LogP contribution in [0.25, 0.3) is 0 Å². The van der Waals surface area contributed by atoms with Gasteiger partial charge in [0.05, 0.1) is 0 Å². The second kappa shape index (κ2) is 6.39. The lowest BCUT2D eigenvalue weighted by molar-refractivity contribution is 0.816. The van der Waals surface area contributed by atoms with Crippen molar-refractivity contribution in [2.45, 2.75) is 20.0 Å². The van der Waals surface area contributed by atoms with E-state index < -0.39 is 0 Å². The van der Waals surface area contributed by atoms with Crippen LogP contribution < -0.4 is 10.2 Å². The van der Waals surface area contributed by atoms with Gasteiger partial charge in [0.2, 0.25) is 0 Å². The zero-order valence-corrected chi connectivity index (χ0v) is 12.0. The number of benzene rings is 2. The highest BCUT2D eigenvalue weighted by Gasteiger charge is 2.02. The minimum Gasteiger partial charge on any atom is -0.370 e. The summed E-state index contributed by atoms with van der Waals surface area (Å²) >= 11 is 0. The molecule has 0 aliphatic rings. The molecule has 0 heterocycles. The zero-order chi connectivity index (χ0) is 13.7. The molecule has 0 bridgehead atoms. The van der Waals surface area contributed by atoms with Crippen LogP contribution in [0.4, 0.5) is 5.69 Å². The number of aryl methyl sites for hydroxylation is 1. The smallest absolute Gasteiger partial charge is 0.0426 e. The predicted octanol–water partition coefficient (Wildman–Crippen LogP) is 3.35. The predicted molar refractivity (Wildman–Crippen MR) is 82.5 cm³/mol. The Balaban J connectivity index is 2.04. The summed E-state index contributed by atoms with van der Waals surface area (Å²) in [6.45, 7) is 3.99. The number of rotatable bonds is 5. The van der Waals surface area contributed by atoms with Crippen LogP contribution in [0.1, 0.15) is 16.7 Å². The van der Waals surface area contributed by atoms with Crippen LogP contribution >= 0.6 is 0 Å². The van der Waals surface area contributed by atoms with Gasteiger partial charge in [-0.2, -0.15) is 0 Å². The standard InChI is InChI=1S/C17H22N2/c1-14-5-4-6-17(11-14)19(3)13-16-9-7-15(8-10-16)12-18-2/h4-11,18H,12-13H2,1-3H3. The summed E-state index contributed by atoms with van der Waals surface area (Å²) in [6.07, 6.45) is 0. The molecule has 0 spiro atoms. The highest BCUT2D eigenvalue weighted by molar-refractivity contribution is 5.48. The maximum atomic E-state index is 3.17. The number of nitrogens with zero attached hydrogens (tertiary/aromatic N) is 1. The average Bonchev–Trinajstić information content (AvgIpc) is 2.41. The zero-order valence-electron chi connectivity index (χ0n) is 12.0. The number of hydrogen-bond acceptors (Lipinski definition) is 2. The normalized spacial score (nSPS) is 10.5. The van der Waals surface area contributed by atoms with Gasteiger partial charge in [0.1, 0.15) is 0 Å². The maximum Gasteiger partial charge on any atom is 0.0426 e. The van der Waals surface area contributed by atoms with E-state index in [-0.39, 0.29) is 0 Å². The van der Waals surface area contributed by atoms with Crippen molar-refractivity contribution in [2.75, 3.05) is 19.0 Å². The molecule has 100 valence electrons. The highest BCUT2D eigenvalue weighted by atomic mass is 15.1. The first kappa shape index (κ1) is 13.6. The Bertz CT molecular complexity index is 517. The van der Waals surface area contributed by atoms with E-state index in [0.29, 0.717) is 0 Å². The molecule has 0 radical (unpaired) electrons. The minimum atomic E-state index is 0.925. The van der Waals surface area contributed by atoms with Crippen LogP contribution in [0.2, 0.25) is 0 Å². The Morgan fingerprint density at radius 2 is 1.68 bits per heavy atom. The molecule has 2 aromatic carbocycles. The molecule has 0 amide bonds. The SMILES string of the molecule is CNCc1ccc(CN(C)c2cccc(C)c2)cc1. The Morgan fingerprint density at radius 3 is 2.32 bits per heavy atom. The summed E-state index contributed by atoms with van der Waals surface area (Å²) in [7, 11) is 4.11. The molecule has 0 unspecified atom stereocenters. The fraction of sp³-hybridized carbons (Fsp3) is 0.294. The second-order valence-electron chi connectivity index (χ2n) is 5.04.